The van der Waals surface area contributed by atoms with E-state index in [0.29, 0.717) is 12.0 Å². The molecule has 21 heavy (non-hydrogen) atoms. The molecule has 0 aromatic carbocycles. The van der Waals surface area contributed by atoms with Gasteiger partial charge in [0.1, 0.15) is 0 Å². The Morgan fingerprint density at radius 2 is 1.90 bits per heavy atom. The molecule has 2 N–H and O–H groups in total. The molecule has 2 heterocycles. The number of ether oxygens (including phenoxy) is 1. The Kier molecular flexibility index (Phi) is 5.53. The fraction of sp³-hybridized carbons (Fsp3) is 0.941. The third-order valence-electron chi connectivity index (χ3n) is 4.89. The number of nitrogens with two attached hydrogens (primary N) is 1. The Morgan fingerprint density at radius 1 is 1.24 bits per heavy atom. The lowest BCUT2D eigenvalue weighted by atomic mass is 9.78. The first-order valence-corrected chi connectivity index (χ1v) is 8.54. The number of piperidine rings is 1. The fourth-order valence-electron chi connectivity index (χ4n) is 3.54. The topological polar surface area (TPSA) is 50.8 Å². The highest BCUT2D eigenvalue weighted by Gasteiger charge is 2.35. The molecule has 2 fully saturated rings. The number of aliphatic imine (C=N–C) groups is 1. The molecule has 2 rings (SSSR count). The molecule has 0 aromatic rings. The Balaban J connectivity index is 1.91. The summed E-state index contributed by atoms with van der Waals surface area (Å²) in [6, 6.07) is 0. The van der Waals surface area contributed by atoms with Crippen LogP contribution < -0.4 is 5.73 Å². The summed E-state index contributed by atoms with van der Waals surface area (Å²) in [7, 11) is 0. The quantitative estimate of drug-likeness (QED) is 0.629. The van der Waals surface area contributed by atoms with Crippen LogP contribution in [0.25, 0.3) is 0 Å². The van der Waals surface area contributed by atoms with Gasteiger partial charge in [-0.15, -0.1) is 0 Å². The largest absolute Gasteiger partial charge is 0.377 e. The number of likely N-dealkylation sites (tertiary alicyclic amines) is 1. The van der Waals surface area contributed by atoms with Crippen LogP contribution in [0, 0.1) is 17.3 Å². The summed E-state index contributed by atoms with van der Waals surface area (Å²) in [5.41, 5.74) is 6.38. The molecule has 0 amide bonds. The van der Waals surface area contributed by atoms with Gasteiger partial charge in [0, 0.05) is 32.2 Å². The normalized spacial score (nSPS) is 29.7. The third-order valence-corrected chi connectivity index (χ3v) is 4.89. The van der Waals surface area contributed by atoms with Crippen molar-refractivity contribution >= 4 is 5.96 Å². The average molecular weight is 295 g/mol. The second-order valence-corrected chi connectivity index (χ2v) is 7.93. The SMILES string of the molecule is CC1CCN(C(N)=NCC2CCCOC2C(C)(C)C)CC1. The number of hydrogen-bond donors (Lipinski definition) is 1. The summed E-state index contributed by atoms with van der Waals surface area (Å²) in [4.78, 5) is 6.95. The zero-order chi connectivity index (χ0) is 15.5. The molecule has 2 saturated heterocycles. The highest BCUT2D eigenvalue weighted by molar-refractivity contribution is 5.78. The van der Waals surface area contributed by atoms with E-state index in [4.69, 9.17) is 15.5 Å². The van der Waals surface area contributed by atoms with E-state index in [2.05, 4.69) is 32.6 Å². The van der Waals surface area contributed by atoms with E-state index >= 15 is 0 Å². The van der Waals surface area contributed by atoms with Crippen molar-refractivity contribution in [1.29, 1.82) is 0 Å². The minimum Gasteiger partial charge on any atom is -0.377 e. The second-order valence-electron chi connectivity index (χ2n) is 7.93. The van der Waals surface area contributed by atoms with Crippen molar-refractivity contribution in [3.8, 4) is 0 Å². The van der Waals surface area contributed by atoms with Crippen LogP contribution in [0.1, 0.15) is 53.4 Å². The van der Waals surface area contributed by atoms with E-state index in [1.54, 1.807) is 0 Å². The molecule has 2 atom stereocenters. The fourth-order valence-corrected chi connectivity index (χ4v) is 3.54. The Bertz CT molecular complexity index is 354. The summed E-state index contributed by atoms with van der Waals surface area (Å²) >= 11 is 0. The summed E-state index contributed by atoms with van der Waals surface area (Å²) < 4.78 is 6.02. The summed E-state index contributed by atoms with van der Waals surface area (Å²) in [6.45, 7) is 12.9. The summed E-state index contributed by atoms with van der Waals surface area (Å²) in [5, 5.41) is 0. The average Bonchev–Trinajstić information content (AvgIpc) is 2.45. The molecule has 0 aliphatic carbocycles. The van der Waals surface area contributed by atoms with E-state index in [-0.39, 0.29) is 5.41 Å². The molecular formula is C17H33N3O. The maximum absolute atomic E-state index is 6.20. The van der Waals surface area contributed by atoms with Crippen LogP contribution in [0.15, 0.2) is 4.99 Å². The minimum absolute atomic E-state index is 0.177. The van der Waals surface area contributed by atoms with Crippen LogP contribution in [0.3, 0.4) is 0 Å². The first kappa shape index (κ1) is 16.6. The molecule has 0 spiro atoms. The predicted octanol–water partition coefficient (Wildman–Crippen LogP) is 2.87. The molecule has 2 aliphatic rings. The molecule has 122 valence electrons. The van der Waals surface area contributed by atoms with Gasteiger partial charge in [0.05, 0.1) is 6.10 Å². The third kappa shape index (κ3) is 4.60. The van der Waals surface area contributed by atoms with Crippen LogP contribution in [-0.4, -0.2) is 43.2 Å². The monoisotopic (exact) mass is 295 g/mol. The molecule has 4 nitrogen and oxygen atoms in total. The number of hydrogen-bond acceptors (Lipinski definition) is 2. The van der Waals surface area contributed by atoms with Crippen LogP contribution in [0.2, 0.25) is 0 Å². The number of rotatable bonds is 2. The maximum atomic E-state index is 6.20. The Labute approximate surface area is 130 Å². The van der Waals surface area contributed by atoms with Crippen molar-refractivity contribution in [3.05, 3.63) is 0 Å². The van der Waals surface area contributed by atoms with E-state index in [1.165, 1.54) is 19.3 Å². The smallest absolute Gasteiger partial charge is 0.191 e. The van der Waals surface area contributed by atoms with Crippen molar-refractivity contribution in [2.45, 2.75) is 59.5 Å². The van der Waals surface area contributed by atoms with Gasteiger partial charge in [0.2, 0.25) is 0 Å². The number of nitrogens with zero attached hydrogens (tertiary/aromatic N) is 2. The second kappa shape index (κ2) is 6.99. The lowest BCUT2D eigenvalue weighted by molar-refractivity contribution is -0.0824. The van der Waals surface area contributed by atoms with E-state index < -0.39 is 0 Å². The molecule has 2 aliphatic heterocycles. The number of guanidine groups is 1. The van der Waals surface area contributed by atoms with Gasteiger partial charge in [0.15, 0.2) is 5.96 Å². The van der Waals surface area contributed by atoms with Gasteiger partial charge in [-0.05, 0) is 37.0 Å². The maximum Gasteiger partial charge on any atom is 0.191 e. The molecule has 0 bridgehead atoms. The van der Waals surface area contributed by atoms with Crippen LogP contribution in [0.4, 0.5) is 0 Å². The molecular weight excluding hydrogens is 262 g/mol. The summed E-state index contributed by atoms with van der Waals surface area (Å²) in [5.74, 6) is 2.06. The first-order chi connectivity index (χ1) is 9.88. The zero-order valence-corrected chi connectivity index (χ0v) is 14.3. The van der Waals surface area contributed by atoms with Crippen molar-refractivity contribution in [2.24, 2.45) is 28.0 Å². The van der Waals surface area contributed by atoms with Crippen LogP contribution in [-0.2, 0) is 4.74 Å². The first-order valence-electron chi connectivity index (χ1n) is 8.54. The van der Waals surface area contributed by atoms with Gasteiger partial charge in [-0.3, -0.25) is 4.99 Å². The lowest BCUT2D eigenvalue weighted by Gasteiger charge is -2.40. The molecule has 0 aromatic heterocycles. The van der Waals surface area contributed by atoms with Crippen molar-refractivity contribution in [2.75, 3.05) is 26.2 Å². The standard InChI is InChI=1S/C17H33N3O/c1-13-7-9-20(10-8-13)16(18)19-12-14-6-5-11-21-15(14)17(2,3)4/h13-15H,5-12H2,1-4H3,(H2,18,19). The van der Waals surface area contributed by atoms with Gasteiger partial charge in [-0.1, -0.05) is 27.7 Å². The molecule has 2 unspecified atom stereocenters. The van der Waals surface area contributed by atoms with Gasteiger partial charge < -0.3 is 15.4 Å². The molecule has 4 heteroatoms. The Morgan fingerprint density at radius 3 is 2.52 bits per heavy atom. The highest BCUT2D eigenvalue weighted by atomic mass is 16.5. The zero-order valence-electron chi connectivity index (χ0n) is 14.3. The predicted molar refractivity (Wildman–Crippen MR) is 88.4 cm³/mol. The molecule has 0 saturated carbocycles. The molecule has 0 radical (unpaired) electrons. The lowest BCUT2D eigenvalue weighted by Crippen LogP contribution is -2.44. The van der Waals surface area contributed by atoms with Gasteiger partial charge >= 0.3 is 0 Å². The van der Waals surface area contributed by atoms with Gasteiger partial charge in [0.25, 0.3) is 0 Å². The van der Waals surface area contributed by atoms with Gasteiger partial charge in [-0.25, -0.2) is 0 Å². The van der Waals surface area contributed by atoms with E-state index in [0.717, 1.165) is 44.5 Å². The highest BCUT2D eigenvalue weighted by Crippen LogP contribution is 2.34. The van der Waals surface area contributed by atoms with Crippen molar-refractivity contribution in [1.82, 2.24) is 4.90 Å². The van der Waals surface area contributed by atoms with Crippen molar-refractivity contribution in [3.63, 3.8) is 0 Å². The van der Waals surface area contributed by atoms with Crippen LogP contribution in [0.5, 0.6) is 0 Å². The van der Waals surface area contributed by atoms with Crippen LogP contribution >= 0.6 is 0 Å². The summed E-state index contributed by atoms with van der Waals surface area (Å²) in [6.07, 6.45) is 5.11. The van der Waals surface area contributed by atoms with E-state index in [1.807, 2.05) is 0 Å². The van der Waals surface area contributed by atoms with E-state index in [9.17, 15) is 0 Å². The van der Waals surface area contributed by atoms with Crippen molar-refractivity contribution < 1.29 is 4.74 Å². The Hall–Kier alpha value is -0.770. The minimum atomic E-state index is 0.177. The van der Waals surface area contributed by atoms with Gasteiger partial charge in [-0.2, -0.15) is 0 Å².